The number of hydrogen-bond acceptors (Lipinski definition) is 2. The summed E-state index contributed by atoms with van der Waals surface area (Å²) in [7, 11) is 0. The summed E-state index contributed by atoms with van der Waals surface area (Å²) in [5, 5.41) is 0. The zero-order valence-corrected chi connectivity index (χ0v) is 7.43. The molecule has 1 aliphatic carbocycles. The van der Waals surface area contributed by atoms with Crippen LogP contribution in [0.3, 0.4) is 0 Å². The van der Waals surface area contributed by atoms with Crippen molar-refractivity contribution in [3.05, 3.63) is 6.92 Å². The summed E-state index contributed by atoms with van der Waals surface area (Å²) in [6.45, 7) is 9.46. The molecule has 0 aromatic carbocycles. The van der Waals surface area contributed by atoms with Crippen molar-refractivity contribution in [3.8, 4) is 0 Å². The topological polar surface area (TPSA) is 18.5 Å². The lowest BCUT2D eigenvalue weighted by Gasteiger charge is -2.22. The minimum atomic E-state index is -0.0718. The van der Waals surface area contributed by atoms with Crippen molar-refractivity contribution in [2.75, 3.05) is 13.2 Å². The number of ether oxygens (including phenoxy) is 2. The Kier molecular flexibility index (Phi) is 2.90. The third-order valence-electron chi connectivity index (χ3n) is 2.03. The molecule has 0 amide bonds. The third-order valence-corrected chi connectivity index (χ3v) is 2.03. The summed E-state index contributed by atoms with van der Waals surface area (Å²) in [5.41, 5.74) is 0.0754. The molecular formula is C9H17O2. The maximum atomic E-state index is 5.42. The van der Waals surface area contributed by atoms with E-state index in [9.17, 15) is 0 Å². The minimum Gasteiger partial charge on any atom is -0.352 e. The summed E-state index contributed by atoms with van der Waals surface area (Å²) in [6.07, 6.45) is 2.20. The zero-order valence-electron chi connectivity index (χ0n) is 7.43. The molecule has 1 saturated carbocycles. The van der Waals surface area contributed by atoms with Crippen LogP contribution < -0.4 is 0 Å². The van der Waals surface area contributed by atoms with Crippen molar-refractivity contribution >= 4 is 0 Å². The van der Waals surface area contributed by atoms with Crippen LogP contribution in [0.1, 0.15) is 26.7 Å². The van der Waals surface area contributed by atoms with E-state index in [0.717, 1.165) is 12.8 Å². The van der Waals surface area contributed by atoms with Crippen LogP contribution in [0.4, 0.5) is 0 Å². The summed E-state index contributed by atoms with van der Waals surface area (Å²) in [4.78, 5) is 0. The molecular weight excluding hydrogens is 140 g/mol. The quantitative estimate of drug-likeness (QED) is 0.568. The molecule has 2 nitrogen and oxygen atoms in total. The molecule has 1 fully saturated rings. The van der Waals surface area contributed by atoms with E-state index in [0.29, 0.717) is 13.2 Å². The highest BCUT2D eigenvalue weighted by Gasteiger charge is 2.46. The standard InChI is InChI=1S/C9H17O2/c1-4-10-8(11-5-2)9(3)6-7-9/h8H,3-7H2,1-2H3. The fourth-order valence-corrected chi connectivity index (χ4v) is 1.10. The van der Waals surface area contributed by atoms with Gasteiger partial charge in [0.2, 0.25) is 0 Å². The first-order valence-corrected chi connectivity index (χ1v) is 4.31. The lowest BCUT2D eigenvalue weighted by Crippen LogP contribution is -2.26. The van der Waals surface area contributed by atoms with Crippen molar-refractivity contribution in [2.45, 2.75) is 33.0 Å². The van der Waals surface area contributed by atoms with Gasteiger partial charge in [0.1, 0.15) is 0 Å². The van der Waals surface area contributed by atoms with Crippen molar-refractivity contribution in [2.24, 2.45) is 5.41 Å². The molecule has 0 aromatic heterocycles. The Labute approximate surface area is 68.9 Å². The first kappa shape index (κ1) is 9.01. The van der Waals surface area contributed by atoms with Gasteiger partial charge in [-0.05, 0) is 33.6 Å². The molecule has 0 atom stereocenters. The first-order chi connectivity index (χ1) is 5.23. The smallest absolute Gasteiger partial charge is 0.163 e. The van der Waals surface area contributed by atoms with Crippen LogP contribution in [0.5, 0.6) is 0 Å². The molecule has 0 aromatic rings. The molecule has 1 rings (SSSR count). The predicted molar refractivity (Wildman–Crippen MR) is 44.1 cm³/mol. The van der Waals surface area contributed by atoms with Crippen LogP contribution >= 0.6 is 0 Å². The Morgan fingerprint density at radius 2 is 1.73 bits per heavy atom. The largest absolute Gasteiger partial charge is 0.352 e. The maximum Gasteiger partial charge on any atom is 0.163 e. The van der Waals surface area contributed by atoms with E-state index in [-0.39, 0.29) is 11.7 Å². The van der Waals surface area contributed by atoms with Gasteiger partial charge in [0.15, 0.2) is 6.29 Å². The Morgan fingerprint density at radius 1 is 1.27 bits per heavy atom. The lowest BCUT2D eigenvalue weighted by atomic mass is 10.1. The van der Waals surface area contributed by atoms with Crippen LogP contribution in [0.15, 0.2) is 0 Å². The van der Waals surface area contributed by atoms with Crippen molar-refractivity contribution < 1.29 is 9.47 Å². The van der Waals surface area contributed by atoms with Gasteiger partial charge in [-0.15, -0.1) is 0 Å². The average Bonchev–Trinajstić information content (AvgIpc) is 2.69. The molecule has 2 heteroatoms. The minimum absolute atomic E-state index is 0.0718. The molecule has 0 spiro atoms. The third kappa shape index (κ3) is 2.17. The van der Waals surface area contributed by atoms with Crippen LogP contribution in [0.25, 0.3) is 0 Å². The molecule has 0 aliphatic heterocycles. The summed E-state index contributed by atoms with van der Waals surface area (Å²) < 4.78 is 10.8. The number of rotatable bonds is 5. The predicted octanol–water partition coefficient (Wildman–Crippen LogP) is 2.00. The van der Waals surface area contributed by atoms with E-state index in [4.69, 9.17) is 9.47 Å². The molecule has 0 heterocycles. The average molecular weight is 157 g/mol. The van der Waals surface area contributed by atoms with Crippen molar-refractivity contribution in [1.29, 1.82) is 0 Å². The van der Waals surface area contributed by atoms with E-state index in [1.165, 1.54) is 0 Å². The molecule has 11 heavy (non-hydrogen) atoms. The van der Waals surface area contributed by atoms with Gasteiger partial charge in [-0.25, -0.2) is 0 Å². The second-order valence-electron chi connectivity index (χ2n) is 3.10. The fourth-order valence-electron chi connectivity index (χ4n) is 1.10. The molecule has 0 N–H and O–H groups in total. The summed E-state index contributed by atoms with van der Waals surface area (Å²) >= 11 is 0. The Morgan fingerprint density at radius 3 is 2.00 bits per heavy atom. The SMILES string of the molecule is [CH2]C1(C(OCC)OCC)CC1. The van der Waals surface area contributed by atoms with Gasteiger partial charge in [-0.1, -0.05) is 0 Å². The molecule has 0 bridgehead atoms. The second-order valence-corrected chi connectivity index (χ2v) is 3.10. The highest BCUT2D eigenvalue weighted by atomic mass is 16.7. The van der Waals surface area contributed by atoms with Crippen LogP contribution in [0.2, 0.25) is 0 Å². The lowest BCUT2D eigenvalue weighted by molar-refractivity contribution is -0.165. The number of hydrogen-bond donors (Lipinski definition) is 0. The molecule has 0 saturated heterocycles. The zero-order chi connectivity index (χ0) is 8.32. The molecule has 1 radical (unpaired) electrons. The van der Waals surface area contributed by atoms with Crippen LogP contribution in [-0.4, -0.2) is 19.5 Å². The monoisotopic (exact) mass is 157 g/mol. The van der Waals surface area contributed by atoms with Gasteiger partial charge >= 0.3 is 0 Å². The molecule has 1 aliphatic rings. The first-order valence-electron chi connectivity index (χ1n) is 4.31. The normalized spacial score (nSPS) is 20.7. The van der Waals surface area contributed by atoms with Crippen molar-refractivity contribution in [3.63, 3.8) is 0 Å². The highest BCUT2D eigenvalue weighted by molar-refractivity contribution is 4.98. The second kappa shape index (κ2) is 3.55. The molecule has 0 unspecified atom stereocenters. The van der Waals surface area contributed by atoms with Gasteiger partial charge in [0.05, 0.1) is 0 Å². The van der Waals surface area contributed by atoms with Gasteiger partial charge in [-0.2, -0.15) is 0 Å². The van der Waals surface area contributed by atoms with E-state index in [1.807, 2.05) is 13.8 Å². The molecule has 65 valence electrons. The summed E-state index contributed by atoms with van der Waals surface area (Å²) in [5.74, 6) is 0. The van der Waals surface area contributed by atoms with Gasteiger partial charge < -0.3 is 9.47 Å². The van der Waals surface area contributed by atoms with E-state index in [1.54, 1.807) is 0 Å². The Bertz CT molecular complexity index is 113. The van der Waals surface area contributed by atoms with Gasteiger partial charge in [0, 0.05) is 18.6 Å². The van der Waals surface area contributed by atoms with E-state index < -0.39 is 0 Å². The van der Waals surface area contributed by atoms with Crippen LogP contribution in [-0.2, 0) is 9.47 Å². The Balaban J connectivity index is 2.32. The summed E-state index contributed by atoms with van der Waals surface area (Å²) in [6, 6.07) is 0. The van der Waals surface area contributed by atoms with E-state index >= 15 is 0 Å². The van der Waals surface area contributed by atoms with Crippen LogP contribution in [0, 0.1) is 12.3 Å². The van der Waals surface area contributed by atoms with Gasteiger partial charge in [-0.3, -0.25) is 0 Å². The van der Waals surface area contributed by atoms with Crippen molar-refractivity contribution in [1.82, 2.24) is 0 Å². The Hall–Kier alpha value is -0.0800. The maximum absolute atomic E-state index is 5.42. The van der Waals surface area contributed by atoms with E-state index in [2.05, 4.69) is 6.92 Å². The highest BCUT2D eigenvalue weighted by Crippen LogP contribution is 2.49. The van der Waals surface area contributed by atoms with Gasteiger partial charge in [0.25, 0.3) is 0 Å². The fraction of sp³-hybridized carbons (Fsp3) is 0.889.